The summed E-state index contributed by atoms with van der Waals surface area (Å²) in [5.74, 6) is -1.25. The van der Waals surface area contributed by atoms with E-state index in [0.29, 0.717) is 33.2 Å². The topological polar surface area (TPSA) is 88.9 Å². The lowest BCUT2D eigenvalue weighted by molar-refractivity contribution is -0.119. The van der Waals surface area contributed by atoms with E-state index in [4.69, 9.17) is 11.6 Å². The quantitative estimate of drug-likeness (QED) is 0.522. The molecule has 0 aliphatic heterocycles. The van der Waals surface area contributed by atoms with Gasteiger partial charge in [-0.3, -0.25) is 19.3 Å². The third kappa shape index (κ3) is 5.12. The summed E-state index contributed by atoms with van der Waals surface area (Å²) in [6, 6.07) is 6.94. The minimum Gasteiger partial charge on any atom is -0.339 e. The maximum absolute atomic E-state index is 15.0. The number of benzene rings is 1. The Kier molecular flexibility index (Phi) is 7.26. The molecule has 34 heavy (non-hydrogen) atoms. The average Bonchev–Trinajstić information content (AvgIpc) is 3.25. The van der Waals surface area contributed by atoms with E-state index in [1.54, 1.807) is 44.4 Å². The summed E-state index contributed by atoms with van der Waals surface area (Å²) in [5.41, 5.74) is 2.11. The van der Waals surface area contributed by atoms with Gasteiger partial charge in [-0.2, -0.15) is 5.10 Å². The molecule has 0 spiro atoms. The number of carbonyl (C=O) groups is 2. The number of hydrogen-bond donors (Lipinski definition) is 2. The van der Waals surface area contributed by atoms with Crippen LogP contribution >= 0.6 is 11.6 Å². The van der Waals surface area contributed by atoms with E-state index in [0.717, 1.165) is 32.1 Å². The second-order valence-corrected chi connectivity index (χ2v) is 9.03. The Labute approximate surface area is 202 Å². The van der Waals surface area contributed by atoms with Crippen LogP contribution in [0.2, 0.25) is 5.02 Å². The number of carbonyl (C=O) groups excluding carboxylic acids is 2. The number of hydrogen-bond acceptors (Lipinski definition) is 4. The normalized spacial score (nSPS) is 15.1. The van der Waals surface area contributed by atoms with Crippen molar-refractivity contribution in [1.82, 2.24) is 20.1 Å². The van der Waals surface area contributed by atoms with Crippen molar-refractivity contribution >= 4 is 29.1 Å². The first-order valence-corrected chi connectivity index (χ1v) is 11.7. The Balaban J connectivity index is 1.55. The van der Waals surface area contributed by atoms with E-state index >= 15 is 4.39 Å². The molecule has 2 amide bonds. The van der Waals surface area contributed by atoms with Crippen molar-refractivity contribution in [2.24, 2.45) is 13.0 Å². The van der Waals surface area contributed by atoms with Gasteiger partial charge >= 0.3 is 0 Å². The second kappa shape index (κ2) is 10.3. The van der Waals surface area contributed by atoms with E-state index in [-0.39, 0.29) is 17.7 Å². The van der Waals surface area contributed by atoms with Crippen molar-refractivity contribution in [1.29, 1.82) is 0 Å². The van der Waals surface area contributed by atoms with Gasteiger partial charge in [-0.1, -0.05) is 30.9 Å². The first kappa shape index (κ1) is 23.9. The van der Waals surface area contributed by atoms with Crippen LogP contribution in [0.1, 0.15) is 48.3 Å². The summed E-state index contributed by atoms with van der Waals surface area (Å²) in [5, 5.41) is 10.1. The van der Waals surface area contributed by atoms with E-state index in [1.165, 1.54) is 16.9 Å². The van der Waals surface area contributed by atoms with E-state index < -0.39 is 11.9 Å². The van der Waals surface area contributed by atoms with E-state index in [9.17, 15) is 9.59 Å². The Morgan fingerprint density at radius 1 is 1.15 bits per heavy atom. The SMILES string of the molecule is Cc1nccc(Cl)c1-c1ccc(NC(=O)[C@@H](NC(=O)c2ccnn2C)C2CCCCC2)cc1F. The Morgan fingerprint density at radius 2 is 1.91 bits per heavy atom. The molecule has 1 atom stereocenters. The van der Waals surface area contributed by atoms with Crippen LogP contribution in [-0.2, 0) is 11.8 Å². The van der Waals surface area contributed by atoms with Gasteiger partial charge in [0.1, 0.15) is 17.6 Å². The molecule has 9 heteroatoms. The Morgan fingerprint density at radius 3 is 2.56 bits per heavy atom. The zero-order valence-corrected chi connectivity index (χ0v) is 19.9. The highest BCUT2D eigenvalue weighted by atomic mass is 35.5. The molecule has 178 valence electrons. The molecule has 1 saturated carbocycles. The van der Waals surface area contributed by atoms with Gasteiger partial charge in [0, 0.05) is 41.9 Å². The number of pyridine rings is 1. The van der Waals surface area contributed by atoms with Crippen molar-refractivity contribution in [2.75, 3.05) is 5.32 Å². The van der Waals surface area contributed by atoms with Crippen molar-refractivity contribution < 1.29 is 14.0 Å². The van der Waals surface area contributed by atoms with Gasteiger partial charge in [-0.15, -0.1) is 0 Å². The zero-order valence-electron chi connectivity index (χ0n) is 19.1. The molecular formula is C25H27ClFN5O2. The van der Waals surface area contributed by atoms with Crippen LogP contribution in [0.25, 0.3) is 11.1 Å². The fourth-order valence-electron chi connectivity index (χ4n) is 4.55. The second-order valence-electron chi connectivity index (χ2n) is 8.63. The van der Waals surface area contributed by atoms with Gasteiger partial charge in [0.05, 0.1) is 5.02 Å². The lowest BCUT2D eigenvalue weighted by Gasteiger charge is -2.30. The van der Waals surface area contributed by atoms with Crippen LogP contribution in [0.3, 0.4) is 0 Å². The van der Waals surface area contributed by atoms with Crippen molar-refractivity contribution in [2.45, 2.75) is 45.1 Å². The average molecular weight is 484 g/mol. The molecule has 1 aliphatic carbocycles. The smallest absolute Gasteiger partial charge is 0.270 e. The third-order valence-corrected chi connectivity index (χ3v) is 6.65. The van der Waals surface area contributed by atoms with Gasteiger partial charge in [0.25, 0.3) is 5.91 Å². The third-order valence-electron chi connectivity index (χ3n) is 6.34. The summed E-state index contributed by atoms with van der Waals surface area (Å²) in [6.07, 6.45) is 7.91. The highest BCUT2D eigenvalue weighted by Crippen LogP contribution is 2.33. The molecule has 2 N–H and O–H groups in total. The summed E-state index contributed by atoms with van der Waals surface area (Å²) < 4.78 is 16.5. The number of aromatic nitrogens is 3. The number of amides is 2. The molecule has 4 rings (SSSR count). The van der Waals surface area contributed by atoms with Crippen LogP contribution in [0, 0.1) is 18.7 Å². The Hall–Kier alpha value is -3.26. The molecule has 2 heterocycles. The number of aryl methyl sites for hydroxylation is 2. The van der Waals surface area contributed by atoms with Gasteiger partial charge < -0.3 is 10.6 Å². The zero-order chi connectivity index (χ0) is 24.2. The standard InChI is InChI=1S/C25H27ClFN5O2/c1-15-22(19(26)10-12-28-15)18-9-8-17(14-20(18)27)30-25(34)23(16-6-4-3-5-7-16)31-24(33)21-11-13-29-32(21)2/h8-14,16,23H,3-7H2,1-2H3,(H,30,34)(H,31,33)/t23-/m0/s1. The molecule has 0 unspecified atom stereocenters. The lowest BCUT2D eigenvalue weighted by Crippen LogP contribution is -2.49. The molecule has 0 saturated heterocycles. The van der Waals surface area contributed by atoms with Gasteiger partial charge in [0.15, 0.2) is 0 Å². The van der Waals surface area contributed by atoms with Crippen LogP contribution in [0.5, 0.6) is 0 Å². The number of nitrogens with one attached hydrogen (secondary N) is 2. The summed E-state index contributed by atoms with van der Waals surface area (Å²) in [6.45, 7) is 1.76. The fraction of sp³-hybridized carbons (Fsp3) is 0.360. The van der Waals surface area contributed by atoms with Crippen LogP contribution in [0.15, 0.2) is 42.7 Å². The predicted octanol–water partition coefficient (Wildman–Crippen LogP) is 4.90. The van der Waals surface area contributed by atoms with E-state index in [1.807, 2.05) is 0 Å². The molecule has 0 radical (unpaired) electrons. The summed E-state index contributed by atoms with van der Waals surface area (Å²) >= 11 is 6.27. The van der Waals surface area contributed by atoms with Crippen molar-refractivity contribution in [3.8, 4) is 11.1 Å². The molecule has 0 bridgehead atoms. The molecule has 2 aromatic heterocycles. The molecular weight excluding hydrogens is 457 g/mol. The number of nitrogens with zero attached hydrogens (tertiary/aromatic N) is 3. The van der Waals surface area contributed by atoms with E-state index in [2.05, 4.69) is 20.7 Å². The number of rotatable bonds is 6. The maximum atomic E-state index is 15.0. The minimum absolute atomic E-state index is 0.00639. The summed E-state index contributed by atoms with van der Waals surface area (Å²) in [4.78, 5) is 30.3. The highest BCUT2D eigenvalue weighted by Gasteiger charge is 2.32. The monoisotopic (exact) mass is 483 g/mol. The van der Waals surface area contributed by atoms with Crippen molar-refractivity contribution in [3.63, 3.8) is 0 Å². The van der Waals surface area contributed by atoms with Gasteiger partial charge in [0.2, 0.25) is 5.91 Å². The van der Waals surface area contributed by atoms with Gasteiger partial charge in [-0.05, 0) is 56.0 Å². The lowest BCUT2D eigenvalue weighted by atomic mass is 9.83. The minimum atomic E-state index is -0.736. The predicted molar refractivity (Wildman–Crippen MR) is 129 cm³/mol. The van der Waals surface area contributed by atoms with Crippen LogP contribution in [-0.4, -0.2) is 32.6 Å². The van der Waals surface area contributed by atoms with Crippen LogP contribution in [0.4, 0.5) is 10.1 Å². The molecule has 1 aromatic carbocycles. The Bertz CT molecular complexity index is 1190. The summed E-state index contributed by atoms with van der Waals surface area (Å²) in [7, 11) is 1.67. The fourth-order valence-corrected chi connectivity index (χ4v) is 4.85. The largest absolute Gasteiger partial charge is 0.339 e. The maximum Gasteiger partial charge on any atom is 0.270 e. The molecule has 3 aromatic rings. The molecule has 1 fully saturated rings. The molecule has 7 nitrogen and oxygen atoms in total. The number of anilines is 1. The first-order valence-electron chi connectivity index (χ1n) is 11.4. The highest BCUT2D eigenvalue weighted by molar-refractivity contribution is 6.33. The van der Waals surface area contributed by atoms with Gasteiger partial charge in [-0.25, -0.2) is 4.39 Å². The van der Waals surface area contributed by atoms with Crippen LogP contribution < -0.4 is 10.6 Å². The first-order chi connectivity index (χ1) is 16.3. The van der Waals surface area contributed by atoms with Crippen molar-refractivity contribution in [3.05, 3.63) is 65.0 Å². The molecule has 1 aliphatic rings. The number of halogens is 2.